The molecular formula is C14H18F3. The Hall–Kier alpha value is -0.990. The molecule has 0 spiro atoms. The predicted octanol–water partition coefficient (Wildman–Crippen LogP) is 4.97. The quantitative estimate of drug-likeness (QED) is 0.653. The Kier molecular flexibility index (Phi) is 3.60. The zero-order valence-corrected chi connectivity index (χ0v) is 10.9. The van der Waals surface area contributed by atoms with Crippen molar-refractivity contribution in [3.8, 4) is 0 Å². The molecule has 0 N–H and O–H groups in total. The minimum atomic E-state index is -4.28. The van der Waals surface area contributed by atoms with E-state index in [0.717, 1.165) is 17.5 Å². The van der Waals surface area contributed by atoms with Gasteiger partial charge in [-0.1, -0.05) is 40.7 Å². The van der Waals surface area contributed by atoms with Gasteiger partial charge in [-0.05, 0) is 34.6 Å². The summed E-state index contributed by atoms with van der Waals surface area (Å²) in [5.41, 5.74) is 0.913. The molecule has 0 nitrogen and oxygen atoms in total. The van der Waals surface area contributed by atoms with Crippen LogP contribution in [0.1, 0.15) is 51.3 Å². The average molecular weight is 243 g/mol. The molecule has 0 atom stereocenters. The van der Waals surface area contributed by atoms with Crippen LogP contribution in [0.2, 0.25) is 0 Å². The largest absolute Gasteiger partial charge is 0.416 e. The molecule has 0 fully saturated rings. The third kappa shape index (κ3) is 3.24. The fourth-order valence-electron chi connectivity index (χ4n) is 1.79. The number of benzene rings is 1. The summed E-state index contributed by atoms with van der Waals surface area (Å²) in [6.45, 7) is 9.68. The van der Waals surface area contributed by atoms with Gasteiger partial charge in [0.15, 0.2) is 0 Å². The SMILES string of the molecule is C[C](C)c1cc(C(F)(F)F)ccc1C(C)(C)C. The van der Waals surface area contributed by atoms with Gasteiger partial charge in [-0.15, -0.1) is 0 Å². The maximum Gasteiger partial charge on any atom is 0.416 e. The van der Waals surface area contributed by atoms with Gasteiger partial charge in [0.1, 0.15) is 0 Å². The highest BCUT2D eigenvalue weighted by molar-refractivity contribution is 5.44. The number of alkyl halides is 3. The van der Waals surface area contributed by atoms with Gasteiger partial charge < -0.3 is 0 Å². The lowest BCUT2D eigenvalue weighted by atomic mass is 9.80. The fourth-order valence-corrected chi connectivity index (χ4v) is 1.79. The molecule has 0 saturated carbocycles. The van der Waals surface area contributed by atoms with E-state index in [1.54, 1.807) is 6.07 Å². The zero-order valence-electron chi connectivity index (χ0n) is 10.9. The van der Waals surface area contributed by atoms with E-state index in [0.29, 0.717) is 5.56 Å². The van der Waals surface area contributed by atoms with Crippen LogP contribution < -0.4 is 0 Å². The molecule has 1 aromatic rings. The van der Waals surface area contributed by atoms with Crippen molar-refractivity contribution in [1.82, 2.24) is 0 Å². The first-order valence-electron chi connectivity index (χ1n) is 5.55. The minimum Gasteiger partial charge on any atom is -0.166 e. The third-order valence-corrected chi connectivity index (χ3v) is 2.69. The van der Waals surface area contributed by atoms with E-state index >= 15 is 0 Å². The predicted molar refractivity (Wildman–Crippen MR) is 63.8 cm³/mol. The Morgan fingerprint density at radius 3 is 1.88 bits per heavy atom. The first kappa shape index (κ1) is 14.1. The van der Waals surface area contributed by atoms with Crippen LogP contribution >= 0.6 is 0 Å². The van der Waals surface area contributed by atoms with Gasteiger partial charge in [0.05, 0.1) is 5.56 Å². The van der Waals surface area contributed by atoms with E-state index in [1.165, 1.54) is 6.07 Å². The number of hydrogen-bond donors (Lipinski definition) is 0. The second-order valence-electron chi connectivity index (χ2n) is 5.51. The monoisotopic (exact) mass is 243 g/mol. The molecule has 0 bridgehead atoms. The second kappa shape index (κ2) is 4.35. The van der Waals surface area contributed by atoms with E-state index in [9.17, 15) is 13.2 Å². The number of rotatable bonds is 1. The summed E-state index contributed by atoms with van der Waals surface area (Å²) < 4.78 is 38.0. The second-order valence-corrected chi connectivity index (χ2v) is 5.51. The van der Waals surface area contributed by atoms with Crippen molar-refractivity contribution in [3.05, 3.63) is 40.8 Å². The van der Waals surface area contributed by atoms with Crippen molar-refractivity contribution in [1.29, 1.82) is 0 Å². The molecule has 0 saturated heterocycles. The lowest BCUT2D eigenvalue weighted by Gasteiger charge is -2.25. The van der Waals surface area contributed by atoms with Crippen molar-refractivity contribution >= 4 is 0 Å². The van der Waals surface area contributed by atoms with E-state index in [-0.39, 0.29) is 5.41 Å². The van der Waals surface area contributed by atoms with Crippen LogP contribution in [0.3, 0.4) is 0 Å². The lowest BCUT2D eigenvalue weighted by Crippen LogP contribution is -2.17. The summed E-state index contributed by atoms with van der Waals surface area (Å²) >= 11 is 0. The Morgan fingerprint density at radius 2 is 1.53 bits per heavy atom. The Balaban J connectivity index is 3.38. The van der Waals surface area contributed by atoms with Gasteiger partial charge in [0.25, 0.3) is 0 Å². The summed E-state index contributed by atoms with van der Waals surface area (Å²) in [5.74, 6) is 0.904. The van der Waals surface area contributed by atoms with Crippen LogP contribution in [0.4, 0.5) is 13.2 Å². The standard InChI is InChI=1S/C14H18F3/c1-9(2)11-8-10(14(15,16)17)6-7-12(11)13(3,4)5/h6-8H,1-5H3. The minimum absolute atomic E-state index is 0.156. The van der Waals surface area contributed by atoms with Crippen LogP contribution in [0.5, 0.6) is 0 Å². The molecule has 17 heavy (non-hydrogen) atoms. The van der Waals surface area contributed by atoms with Crippen molar-refractivity contribution in [3.63, 3.8) is 0 Å². The molecule has 1 rings (SSSR count). The molecule has 0 heterocycles. The topological polar surface area (TPSA) is 0 Å². The summed E-state index contributed by atoms with van der Waals surface area (Å²) in [6, 6.07) is 3.99. The van der Waals surface area contributed by atoms with Crippen molar-refractivity contribution < 1.29 is 13.2 Å². The fraction of sp³-hybridized carbons (Fsp3) is 0.500. The first-order chi connectivity index (χ1) is 7.53. The maximum absolute atomic E-state index is 12.7. The van der Waals surface area contributed by atoms with Crippen molar-refractivity contribution in [2.45, 2.75) is 46.2 Å². The molecule has 0 aliphatic carbocycles. The molecule has 1 aromatic carbocycles. The number of halogens is 3. The maximum atomic E-state index is 12.7. The molecule has 0 aromatic heterocycles. The molecule has 1 radical (unpaired) electrons. The van der Waals surface area contributed by atoms with Crippen LogP contribution in [0, 0.1) is 5.92 Å². The van der Waals surface area contributed by atoms with Gasteiger partial charge in [-0.2, -0.15) is 13.2 Å². The first-order valence-corrected chi connectivity index (χ1v) is 5.55. The molecular weight excluding hydrogens is 225 g/mol. The van der Waals surface area contributed by atoms with Crippen LogP contribution in [-0.4, -0.2) is 0 Å². The van der Waals surface area contributed by atoms with E-state index in [4.69, 9.17) is 0 Å². The molecule has 3 heteroatoms. The highest BCUT2D eigenvalue weighted by atomic mass is 19.4. The van der Waals surface area contributed by atoms with Gasteiger partial charge in [-0.25, -0.2) is 0 Å². The third-order valence-electron chi connectivity index (χ3n) is 2.69. The summed E-state index contributed by atoms with van der Waals surface area (Å²) in [4.78, 5) is 0. The van der Waals surface area contributed by atoms with Crippen molar-refractivity contribution in [2.24, 2.45) is 0 Å². The highest BCUT2D eigenvalue weighted by Crippen LogP contribution is 2.36. The van der Waals surface area contributed by atoms with E-state index in [1.807, 2.05) is 34.6 Å². The summed E-state index contributed by atoms with van der Waals surface area (Å²) in [5, 5.41) is 0. The highest BCUT2D eigenvalue weighted by Gasteiger charge is 2.32. The summed E-state index contributed by atoms with van der Waals surface area (Å²) in [6.07, 6.45) is -4.28. The smallest absolute Gasteiger partial charge is 0.166 e. The van der Waals surface area contributed by atoms with Crippen LogP contribution in [0.15, 0.2) is 18.2 Å². The molecule has 0 aliphatic heterocycles. The Bertz CT molecular complexity index is 395. The van der Waals surface area contributed by atoms with E-state index < -0.39 is 11.7 Å². The molecule has 0 amide bonds. The van der Waals surface area contributed by atoms with Crippen LogP contribution in [0.25, 0.3) is 0 Å². The van der Waals surface area contributed by atoms with Gasteiger partial charge in [0, 0.05) is 0 Å². The van der Waals surface area contributed by atoms with Gasteiger partial charge in [0.2, 0.25) is 0 Å². The average Bonchev–Trinajstić information content (AvgIpc) is 2.14. The Morgan fingerprint density at radius 1 is 1.00 bits per heavy atom. The molecule has 0 aliphatic rings. The van der Waals surface area contributed by atoms with Gasteiger partial charge in [-0.3, -0.25) is 0 Å². The number of hydrogen-bond acceptors (Lipinski definition) is 0. The summed E-state index contributed by atoms with van der Waals surface area (Å²) in [7, 11) is 0. The van der Waals surface area contributed by atoms with Crippen molar-refractivity contribution in [2.75, 3.05) is 0 Å². The lowest BCUT2D eigenvalue weighted by molar-refractivity contribution is -0.137. The molecule has 95 valence electrons. The Labute approximate surface area is 101 Å². The van der Waals surface area contributed by atoms with E-state index in [2.05, 4.69) is 0 Å². The molecule has 0 unspecified atom stereocenters. The normalized spacial score (nSPS) is 13.2. The van der Waals surface area contributed by atoms with Gasteiger partial charge >= 0.3 is 6.18 Å². The van der Waals surface area contributed by atoms with Crippen LogP contribution in [-0.2, 0) is 11.6 Å². The zero-order chi connectivity index (χ0) is 13.4.